The van der Waals surface area contributed by atoms with E-state index in [0.29, 0.717) is 29.7 Å². The first kappa shape index (κ1) is 24.2. The van der Waals surface area contributed by atoms with Crippen LogP contribution in [0.1, 0.15) is 40.1 Å². The Bertz CT molecular complexity index is 969. The number of pyridine rings is 1. The fraction of sp³-hybridized carbons (Fsp3) is 0.435. The Hall–Kier alpha value is -2.49. The molecule has 2 aromatic rings. The van der Waals surface area contributed by atoms with Crippen molar-refractivity contribution in [2.75, 3.05) is 26.7 Å². The van der Waals surface area contributed by atoms with E-state index in [9.17, 15) is 14.7 Å². The zero-order valence-corrected chi connectivity index (χ0v) is 19.9. The Morgan fingerprint density at radius 2 is 2.06 bits per heavy atom. The van der Waals surface area contributed by atoms with Gasteiger partial charge in [0.05, 0.1) is 18.2 Å². The first-order chi connectivity index (χ1) is 15.2. The van der Waals surface area contributed by atoms with E-state index < -0.39 is 5.97 Å². The van der Waals surface area contributed by atoms with E-state index in [1.165, 1.54) is 0 Å². The molecule has 0 fully saturated rings. The number of aliphatic hydroxyl groups excluding tert-OH is 1. The van der Waals surface area contributed by atoms with Crippen molar-refractivity contribution in [2.24, 2.45) is 5.92 Å². The van der Waals surface area contributed by atoms with Gasteiger partial charge in [0.1, 0.15) is 11.7 Å². The minimum Gasteiger partial charge on any atom is -0.478 e. The molecule has 0 saturated carbocycles. The molecule has 3 atom stereocenters. The molecule has 1 aliphatic heterocycles. The smallest absolute Gasteiger partial charge is 0.335 e. The summed E-state index contributed by atoms with van der Waals surface area (Å²) in [4.78, 5) is 32.3. The molecule has 2 heterocycles. The van der Waals surface area contributed by atoms with Crippen molar-refractivity contribution in [1.29, 1.82) is 0 Å². The lowest BCUT2D eigenvalue weighted by Gasteiger charge is -2.37. The van der Waals surface area contributed by atoms with E-state index in [0.717, 1.165) is 5.56 Å². The van der Waals surface area contributed by atoms with Gasteiger partial charge in [0.2, 0.25) is 5.88 Å². The number of aliphatic hydroxyl groups is 1. The molecular weight excluding hydrogens is 478 g/mol. The van der Waals surface area contributed by atoms with Crippen LogP contribution in [0.15, 0.2) is 41.0 Å². The highest BCUT2D eigenvalue weighted by molar-refractivity contribution is 9.10. The topological polar surface area (TPSA) is 103 Å². The molecule has 8 nitrogen and oxygen atoms in total. The number of amides is 1. The summed E-state index contributed by atoms with van der Waals surface area (Å²) in [6.45, 7) is 5.34. The highest BCUT2D eigenvalue weighted by Crippen LogP contribution is 2.28. The van der Waals surface area contributed by atoms with Crippen molar-refractivity contribution in [1.82, 2.24) is 14.8 Å². The summed E-state index contributed by atoms with van der Waals surface area (Å²) in [5.41, 5.74) is 1.61. The zero-order valence-electron chi connectivity index (χ0n) is 18.4. The maximum Gasteiger partial charge on any atom is 0.335 e. The van der Waals surface area contributed by atoms with E-state index in [1.807, 2.05) is 20.9 Å². The van der Waals surface area contributed by atoms with Crippen molar-refractivity contribution in [3.63, 3.8) is 0 Å². The number of ether oxygens (including phenoxy) is 1. The molecule has 2 N–H and O–H groups in total. The number of nitrogens with zero attached hydrogens (tertiary/aromatic N) is 3. The van der Waals surface area contributed by atoms with Gasteiger partial charge in [-0.05, 0) is 53.7 Å². The largest absolute Gasteiger partial charge is 0.478 e. The van der Waals surface area contributed by atoms with Crippen molar-refractivity contribution < 1.29 is 24.5 Å². The van der Waals surface area contributed by atoms with Gasteiger partial charge in [-0.3, -0.25) is 9.69 Å². The molecule has 32 heavy (non-hydrogen) atoms. The Morgan fingerprint density at radius 1 is 1.38 bits per heavy atom. The van der Waals surface area contributed by atoms with Crippen LogP contribution in [0.3, 0.4) is 0 Å². The van der Waals surface area contributed by atoms with Gasteiger partial charge in [-0.15, -0.1) is 0 Å². The van der Waals surface area contributed by atoms with E-state index in [-0.39, 0.29) is 42.0 Å². The predicted octanol–water partition coefficient (Wildman–Crippen LogP) is 2.89. The number of aromatic carboxylic acids is 1. The Morgan fingerprint density at radius 3 is 2.69 bits per heavy atom. The number of fused-ring (bicyclic) bond motifs is 1. The van der Waals surface area contributed by atoms with Gasteiger partial charge in [0.15, 0.2) is 0 Å². The summed E-state index contributed by atoms with van der Waals surface area (Å²) in [6.07, 6.45) is 1.36. The van der Waals surface area contributed by atoms with E-state index in [2.05, 4.69) is 25.8 Å². The lowest BCUT2D eigenvalue weighted by Crippen LogP contribution is -2.49. The lowest BCUT2D eigenvalue weighted by atomic mass is 10.00. The number of halogens is 1. The second kappa shape index (κ2) is 10.4. The number of likely N-dealkylation sites (N-methyl/N-ethyl adjacent to an activating group) is 1. The molecule has 0 saturated heterocycles. The third-order valence-electron chi connectivity index (χ3n) is 5.63. The van der Waals surface area contributed by atoms with Gasteiger partial charge in [0.25, 0.3) is 5.91 Å². The zero-order chi connectivity index (χ0) is 23.4. The van der Waals surface area contributed by atoms with E-state index in [4.69, 9.17) is 9.84 Å². The summed E-state index contributed by atoms with van der Waals surface area (Å²) < 4.78 is 6.91. The number of rotatable bonds is 7. The summed E-state index contributed by atoms with van der Waals surface area (Å²) in [5.74, 6) is -0.893. The summed E-state index contributed by atoms with van der Waals surface area (Å²) in [5, 5.41) is 18.8. The van der Waals surface area contributed by atoms with Crippen LogP contribution in [0.4, 0.5) is 0 Å². The lowest BCUT2D eigenvalue weighted by molar-refractivity contribution is 0.0325. The maximum absolute atomic E-state index is 13.2. The van der Waals surface area contributed by atoms with Gasteiger partial charge in [-0.25, -0.2) is 9.78 Å². The molecule has 0 aliphatic carbocycles. The minimum atomic E-state index is -0.948. The number of benzene rings is 1. The van der Waals surface area contributed by atoms with Crippen LogP contribution in [0.5, 0.6) is 5.88 Å². The average molecular weight is 506 g/mol. The molecule has 1 aliphatic rings. The first-order valence-corrected chi connectivity index (χ1v) is 11.2. The molecule has 0 radical (unpaired) electrons. The molecule has 0 spiro atoms. The summed E-state index contributed by atoms with van der Waals surface area (Å²) >= 11 is 3.37. The van der Waals surface area contributed by atoms with Crippen LogP contribution in [0, 0.1) is 5.92 Å². The highest BCUT2D eigenvalue weighted by Gasteiger charge is 2.34. The Labute approximate surface area is 195 Å². The second-order valence-corrected chi connectivity index (χ2v) is 9.24. The number of aromatic nitrogens is 1. The maximum atomic E-state index is 13.2. The number of hydrogen-bond donors (Lipinski definition) is 2. The van der Waals surface area contributed by atoms with Crippen LogP contribution in [0.2, 0.25) is 0 Å². The number of carbonyl (C=O) groups excluding carboxylic acids is 1. The van der Waals surface area contributed by atoms with E-state index >= 15 is 0 Å². The third-order valence-corrected chi connectivity index (χ3v) is 6.07. The molecule has 0 unspecified atom stereocenters. The van der Waals surface area contributed by atoms with Crippen LogP contribution >= 0.6 is 15.9 Å². The highest BCUT2D eigenvalue weighted by atomic mass is 79.9. The van der Waals surface area contributed by atoms with Gasteiger partial charge in [-0.1, -0.05) is 19.1 Å². The van der Waals surface area contributed by atoms with Crippen LogP contribution < -0.4 is 4.74 Å². The normalized spacial score (nSPS) is 19.7. The predicted molar refractivity (Wildman–Crippen MR) is 123 cm³/mol. The fourth-order valence-corrected chi connectivity index (χ4v) is 4.06. The van der Waals surface area contributed by atoms with Gasteiger partial charge in [0, 0.05) is 36.2 Å². The molecule has 0 bridgehead atoms. The molecule has 1 aromatic heterocycles. The van der Waals surface area contributed by atoms with Crippen LogP contribution in [-0.4, -0.2) is 75.8 Å². The molecule has 1 amide bonds. The summed E-state index contributed by atoms with van der Waals surface area (Å²) in [7, 11) is 1.97. The van der Waals surface area contributed by atoms with Crippen LogP contribution in [-0.2, 0) is 6.54 Å². The van der Waals surface area contributed by atoms with Crippen LogP contribution in [0.25, 0.3) is 0 Å². The number of carboxylic acid groups (broad SMARTS) is 1. The molecule has 172 valence electrons. The molecule has 9 heteroatoms. The van der Waals surface area contributed by atoms with E-state index in [1.54, 1.807) is 41.4 Å². The van der Waals surface area contributed by atoms with Crippen molar-refractivity contribution >= 4 is 27.8 Å². The standard InChI is InChI=1S/C23H28BrN3O5/c1-14-10-27(15(2)13-28)22(29)19-8-18(24)9-25-21(19)32-20(14)12-26(3)11-16-4-6-17(7-5-16)23(30)31/h4-9,14-15,20,28H,10-13H2,1-3H3,(H,30,31)/t14-,15+,20+/m0/s1. The van der Waals surface area contributed by atoms with Gasteiger partial charge >= 0.3 is 5.97 Å². The first-order valence-electron chi connectivity index (χ1n) is 10.4. The number of hydrogen-bond acceptors (Lipinski definition) is 6. The average Bonchev–Trinajstić information content (AvgIpc) is 2.76. The Kier molecular flexibility index (Phi) is 7.86. The number of carboxylic acids is 1. The Balaban J connectivity index is 1.81. The third kappa shape index (κ3) is 5.65. The van der Waals surface area contributed by atoms with Crippen molar-refractivity contribution in [3.05, 3.63) is 57.7 Å². The molecule has 1 aromatic carbocycles. The van der Waals surface area contributed by atoms with Gasteiger partial charge in [-0.2, -0.15) is 0 Å². The summed E-state index contributed by atoms with van der Waals surface area (Å²) in [6, 6.07) is 8.17. The quantitative estimate of drug-likeness (QED) is 0.596. The minimum absolute atomic E-state index is 0.0108. The molecular formula is C23H28BrN3O5. The monoisotopic (exact) mass is 505 g/mol. The fourth-order valence-electron chi connectivity index (χ4n) is 3.73. The number of carbonyl (C=O) groups is 2. The molecule has 3 rings (SSSR count). The SMILES string of the molecule is C[C@H](CO)N1C[C@H](C)[C@@H](CN(C)Cc2ccc(C(=O)O)cc2)Oc2ncc(Br)cc2C1=O. The van der Waals surface area contributed by atoms with Crippen molar-refractivity contribution in [2.45, 2.75) is 32.5 Å². The van der Waals surface area contributed by atoms with Crippen molar-refractivity contribution in [3.8, 4) is 5.88 Å². The van der Waals surface area contributed by atoms with Gasteiger partial charge < -0.3 is 19.8 Å². The second-order valence-electron chi connectivity index (χ2n) is 8.33.